The molecule has 1 aromatic heterocycles. The van der Waals surface area contributed by atoms with E-state index in [2.05, 4.69) is 29.8 Å². The molecule has 0 spiro atoms. The topological polar surface area (TPSA) is 56.1 Å². The second-order valence-electron chi connectivity index (χ2n) is 6.70. The van der Waals surface area contributed by atoms with Crippen LogP contribution in [0.3, 0.4) is 0 Å². The van der Waals surface area contributed by atoms with Gasteiger partial charge in [0.05, 0.1) is 30.6 Å². The maximum atomic E-state index is 12.6. The number of fused-ring (bicyclic) bond motifs is 1. The van der Waals surface area contributed by atoms with Crippen LogP contribution in [-0.4, -0.2) is 22.6 Å². The van der Waals surface area contributed by atoms with Crippen LogP contribution in [0.4, 0.5) is 0 Å². The number of carbonyl (C=O) groups excluding carboxylic acids is 1. The molecule has 0 aliphatic rings. The van der Waals surface area contributed by atoms with Gasteiger partial charge in [-0.1, -0.05) is 30.3 Å². The van der Waals surface area contributed by atoms with Crippen molar-refractivity contribution in [3.63, 3.8) is 0 Å². The van der Waals surface area contributed by atoms with Crippen molar-refractivity contribution in [3.8, 4) is 5.75 Å². The summed E-state index contributed by atoms with van der Waals surface area (Å²) in [6, 6.07) is 15.7. The SMILES string of the molecule is COc1ccccc1CC(=O)NC(C)c1nc2ccccc2n1C(C)C. The number of aromatic nitrogens is 2. The molecule has 5 nitrogen and oxygen atoms in total. The molecule has 26 heavy (non-hydrogen) atoms. The predicted molar refractivity (Wildman–Crippen MR) is 103 cm³/mol. The van der Waals surface area contributed by atoms with Crippen LogP contribution in [0.15, 0.2) is 48.5 Å². The summed E-state index contributed by atoms with van der Waals surface area (Å²) >= 11 is 0. The fraction of sp³-hybridized carbons (Fsp3) is 0.333. The van der Waals surface area contributed by atoms with Crippen LogP contribution < -0.4 is 10.1 Å². The highest BCUT2D eigenvalue weighted by Crippen LogP contribution is 2.25. The third kappa shape index (κ3) is 3.57. The van der Waals surface area contributed by atoms with Crippen LogP contribution in [-0.2, 0) is 11.2 Å². The molecular formula is C21H25N3O2. The lowest BCUT2D eigenvalue weighted by molar-refractivity contribution is -0.121. The summed E-state index contributed by atoms with van der Waals surface area (Å²) in [5.74, 6) is 1.55. The Hall–Kier alpha value is -2.82. The Morgan fingerprint density at radius 2 is 1.81 bits per heavy atom. The molecule has 0 radical (unpaired) electrons. The summed E-state index contributed by atoms with van der Waals surface area (Å²) in [6.45, 7) is 6.22. The highest BCUT2D eigenvalue weighted by atomic mass is 16.5. The molecule has 1 amide bonds. The van der Waals surface area contributed by atoms with Crippen molar-refractivity contribution in [2.45, 2.75) is 39.3 Å². The number of benzene rings is 2. The molecule has 0 aliphatic carbocycles. The average molecular weight is 351 g/mol. The monoisotopic (exact) mass is 351 g/mol. The van der Waals surface area contributed by atoms with E-state index in [0.29, 0.717) is 0 Å². The molecule has 0 aliphatic heterocycles. The lowest BCUT2D eigenvalue weighted by Crippen LogP contribution is -2.30. The van der Waals surface area contributed by atoms with Crippen LogP contribution in [0, 0.1) is 0 Å². The van der Waals surface area contributed by atoms with Gasteiger partial charge in [-0.3, -0.25) is 4.79 Å². The van der Waals surface area contributed by atoms with Crippen LogP contribution in [0.5, 0.6) is 5.75 Å². The second kappa shape index (κ2) is 7.60. The first-order valence-corrected chi connectivity index (χ1v) is 8.89. The maximum absolute atomic E-state index is 12.6. The van der Waals surface area contributed by atoms with E-state index in [1.165, 1.54) is 0 Å². The number of carbonyl (C=O) groups is 1. The van der Waals surface area contributed by atoms with Crippen molar-refractivity contribution < 1.29 is 9.53 Å². The van der Waals surface area contributed by atoms with Crippen molar-refractivity contribution >= 4 is 16.9 Å². The van der Waals surface area contributed by atoms with Gasteiger partial charge in [-0.25, -0.2) is 4.98 Å². The number of ether oxygens (including phenoxy) is 1. The number of nitrogens with one attached hydrogen (secondary N) is 1. The van der Waals surface area contributed by atoms with Gasteiger partial charge in [0.1, 0.15) is 11.6 Å². The van der Waals surface area contributed by atoms with Gasteiger partial charge in [0.2, 0.25) is 5.91 Å². The highest BCUT2D eigenvalue weighted by molar-refractivity contribution is 5.80. The first-order chi connectivity index (χ1) is 12.5. The average Bonchev–Trinajstić information content (AvgIpc) is 3.02. The Labute approximate surface area is 154 Å². The summed E-state index contributed by atoms with van der Waals surface area (Å²) in [7, 11) is 1.62. The third-order valence-corrected chi connectivity index (χ3v) is 4.45. The number of rotatable bonds is 6. The van der Waals surface area contributed by atoms with Crippen LogP contribution >= 0.6 is 0 Å². The second-order valence-corrected chi connectivity index (χ2v) is 6.70. The van der Waals surface area contributed by atoms with Gasteiger partial charge >= 0.3 is 0 Å². The summed E-state index contributed by atoms with van der Waals surface area (Å²) in [6.07, 6.45) is 0.274. The number of nitrogens with zero attached hydrogens (tertiary/aromatic N) is 2. The van der Waals surface area contributed by atoms with Gasteiger partial charge in [-0.05, 0) is 39.0 Å². The largest absolute Gasteiger partial charge is 0.496 e. The zero-order valence-electron chi connectivity index (χ0n) is 15.7. The fourth-order valence-corrected chi connectivity index (χ4v) is 3.29. The van der Waals surface area contributed by atoms with E-state index < -0.39 is 0 Å². The van der Waals surface area contributed by atoms with Crippen molar-refractivity contribution in [2.24, 2.45) is 0 Å². The summed E-state index contributed by atoms with van der Waals surface area (Å²) in [5.41, 5.74) is 2.91. The van der Waals surface area contributed by atoms with Gasteiger partial charge in [0.15, 0.2) is 0 Å². The zero-order chi connectivity index (χ0) is 18.7. The first-order valence-electron chi connectivity index (χ1n) is 8.89. The number of para-hydroxylation sites is 3. The Kier molecular flexibility index (Phi) is 5.26. The van der Waals surface area contributed by atoms with Crippen LogP contribution in [0.25, 0.3) is 11.0 Å². The molecule has 0 saturated carbocycles. The molecule has 3 aromatic rings. The molecule has 1 heterocycles. The molecule has 136 valence electrons. The highest BCUT2D eigenvalue weighted by Gasteiger charge is 2.20. The lowest BCUT2D eigenvalue weighted by Gasteiger charge is -2.19. The fourth-order valence-electron chi connectivity index (χ4n) is 3.29. The molecule has 0 bridgehead atoms. The first kappa shape index (κ1) is 18.0. The Bertz CT molecular complexity index is 915. The van der Waals surface area contributed by atoms with E-state index in [-0.39, 0.29) is 24.4 Å². The normalized spacial score (nSPS) is 12.3. The van der Waals surface area contributed by atoms with Crippen molar-refractivity contribution in [2.75, 3.05) is 7.11 Å². The van der Waals surface area contributed by atoms with Gasteiger partial charge in [0.25, 0.3) is 0 Å². The van der Waals surface area contributed by atoms with Crippen molar-refractivity contribution in [1.29, 1.82) is 0 Å². The number of hydrogen-bond acceptors (Lipinski definition) is 3. The van der Waals surface area contributed by atoms with E-state index in [4.69, 9.17) is 9.72 Å². The Morgan fingerprint density at radius 1 is 1.12 bits per heavy atom. The minimum absolute atomic E-state index is 0.0515. The van der Waals surface area contributed by atoms with Gasteiger partial charge in [-0.15, -0.1) is 0 Å². The van der Waals surface area contributed by atoms with Gasteiger partial charge < -0.3 is 14.6 Å². The van der Waals surface area contributed by atoms with Crippen LogP contribution in [0.2, 0.25) is 0 Å². The van der Waals surface area contributed by atoms with Gasteiger partial charge in [0, 0.05) is 11.6 Å². The Morgan fingerprint density at radius 3 is 2.54 bits per heavy atom. The minimum Gasteiger partial charge on any atom is -0.496 e. The molecule has 0 fully saturated rings. The summed E-state index contributed by atoms with van der Waals surface area (Å²) < 4.78 is 7.51. The van der Waals surface area contributed by atoms with E-state index in [9.17, 15) is 4.79 Å². The number of amides is 1. The third-order valence-electron chi connectivity index (χ3n) is 4.45. The number of imidazole rings is 1. The van der Waals surface area contributed by atoms with E-state index in [1.807, 2.05) is 49.4 Å². The van der Waals surface area contributed by atoms with Crippen molar-refractivity contribution in [3.05, 3.63) is 59.9 Å². The molecule has 1 unspecified atom stereocenters. The quantitative estimate of drug-likeness (QED) is 0.729. The molecular weight excluding hydrogens is 326 g/mol. The molecule has 3 rings (SSSR count). The van der Waals surface area contributed by atoms with Crippen LogP contribution in [0.1, 0.15) is 44.2 Å². The summed E-state index contributed by atoms with van der Waals surface area (Å²) in [4.78, 5) is 17.3. The number of methoxy groups -OCH3 is 1. The molecule has 0 saturated heterocycles. The minimum atomic E-state index is -0.188. The van der Waals surface area contributed by atoms with E-state index in [1.54, 1.807) is 7.11 Å². The predicted octanol–water partition coefficient (Wildman–Crippen LogP) is 4.05. The zero-order valence-corrected chi connectivity index (χ0v) is 15.7. The maximum Gasteiger partial charge on any atom is 0.225 e. The smallest absolute Gasteiger partial charge is 0.225 e. The summed E-state index contributed by atoms with van der Waals surface area (Å²) in [5, 5.41) is 3.07. The van der Waals surface area contributed by atoms with Crippen molar-refractivity contribution in [1.82, 2.24) is 14.9 Å². The molecule has 1 N–H and O–H groups in total. The molecule has 1 atom stereocenters. The standard InChI is InChI=1S/C21H25N3O2/c1-14(2)24-18-11-7-6-10-17(18)23-21(24)15(3)22-20(25)13-16-9-5-8-12-19(16)26-4/h5-12,14-15H,13H2,1-4H3,(H,22,25). The van der Waals surface area contributed by atoms with Gasteiger partial charge in [-0.2, -0.15) is 0 Å². The van der Waals surface area contributed by atoms with E-state index >= 15 is 0 Å². The molecule has 5 heteroatoms. The Balaban J connectivity index is 1.81. The molecule has 2 aromatic carbocycles. The lowest BCUT2D eigenvalue weighted by atomic mass is 10.1. The van der Waals surface area contributed by atoms with E-state index in [0.717, 1.165) is 28.2 Å². The number of hydrogen-bond donors (Lipinski definition) is 1.